The first-order chi connectivity index (χ1) is 8.22. The fourth-order valence-corrected chi connectivity index (χ4v) is 1.99. The number of nitrogens with zero attached hydrogens (tertiary/aromatic N) is 1. The summed E-state index contributed by atoms with van der Waals surface area (Å²) >= 11 is 0. The Morgan fingerprint density at radius 1 is 1.18 bits per heavy atom. The number of aryl methyl sites for hydroxylation is 2. The molecule has 17 heavy (non-hydrogen) atoms. The topological polar surface area (TPSA) is 33.1 Å². The monoisotopic (exact) mass is 227 g/mol. The lowest BCUT2D eigenvalue weighted by Crippen LogP contribution is -1.98. The van der Waals surface area contributed by atoms with Crippen LogP contribution in [-0.4, -0.2) is 16.7 Å². The van der Waals surface area contributed by atoms with Crippen LogP contribution in [0.25, 0.3) is 11.3 Å². The molecule has 0 fully saturated rings. The van der Waals surface area contributed by atoms with Crippen LogP contribution in [0.3, 0.4) is 0 Å². The van der Waals surface area contributed by atoms with Crippen LogP contribution in [0.1, 0.15) is 16.7 Å². The molecule has 2 heteroatoms. The molecule has 1 aromatic heterocycles. The zero-order chi connectivity index (χ0) is 12.3. The van der Waals surface area contributed by atoms with Gasteiger partial charge in [-0.1, -0.05) is 23.8 Å². The summed E-state index contributed by atoms with van der Waals surface area (Å²) in [4.78, 5) is 4.46. The molecular weight excluding hydrogens is 210 g/mol. The Hall–Kier alpha value is -1.67. The van der Waals surface area contributed by atoms with Crippen LogP contribution in [0.4, 0.5) is 0 Å². The van der Waals surface area contributed by atoms with Crippen molar-refractivity contribution in [2.45, 2.75) is 20.3 Å². The van der Waals surface area contributed by atoms with Gasteiger partial charge in [0.25, 0.3) is 0 Å². The molecular formula is C15H17NO. The van der Waals surface area contributed by atoms with Crippen LogP contribution in [-0.2, 0) is 6.42 Å². The number of aliphatic hydroxyl groups excluding tert-OH is 1. The Balaban J connectivity index is 2.55. The largest absolute Gasteiger partial charge is 0.396 e. The SMILES string of the molecule is Cc1ccc(C)c(-c2ncccc2CCO)c1. The highest BCUT2D eigenvalue weighted by Crippen LogP contribution is 2.25. The quantitative estimate of drug-likeness (QED) is 0.874. The Morgan fingerprint density at radius 2 is 2.00 bits per heavy atom. The first-order valence-electron chi connectivity index (χ1n) is 5.84. The van der Waals surface area contributed by atoms with Gasteiger partial charge < -0.3 is 5.11 Å². The minimum atomic E-state index is 0.156. The Morgan fingerprint density at radius 3 is 2.76 bits per heavy atom. The number of aliphatic hydroxyl groups is 1. The van der Waals surface area contributed by atoms with Crippen molar-refractivity contribution in [2.24, 2.45) is 0 Å². The Bertz CT molecular complexity index is 520. The lowest BCUT2D eigenvalue weighted by molar-refractivity contribution is 0.299. The predicted molar refractivity (Wildman–Crippen MR) is 69.9 cm³/mol. The van der Waals surface area contributed by atoms with E-state index in [1.54, 1.807) is 6.20 Å². The van der Waals surface area contributed by atoms with Gasteiger partial charge in [-0.25, -0.2) is 0 Å². The van der Waals surface area contributed by atoms with Crippen molar-refractivity contribution in [3.63, 3.8) is 0 Å². The number of benzene rings is 1. The second-order valence-electron chi connectivity index (χ2n) is 4.30. The number of rotatable bonds is 3. The van der Waals surface area contributed by atoms with E-state index < -0.39 is 0 Å². The van der Waals surface area contributed by atoms with Crippen molar-refractivity contribution < 1.29 is 5.11 Å². The molecule has 0 bridgehead atoms. The van der Waals surface area contributed by atoms with Gasteiger partial charge in [-0.05, 0) is 43.5 Å². The van der Waals surface area contributed by atoms with Crippen molar-refractivity contribution in [2.75, 3.05) is 6.61 Å². The molecule has 0 radical (unpaired) electrons. The standard InChI is InChI=1S/C15H17NO/c1-11-5-6-12(2)14(10-11)15-13(7-9-17)4-3-8-16-15/h3-6,8,10,17H,7,9H2,1-2H3. The summed E-state index contributed by atoms with van der Waals surface area (Å²) in [5.74, 6) is 0. The zero-order valence-electron chi connectivity index (χ0n) is 10.3. The van der Waals surface area contributed by atoms with Gasteiger partial charge in [0.15, 0.2) is 0 Å². The lowest BCUT2D eigenvalue weighted by atomic mass is 9.98. The van der Waals surface area contributed by atoms with E-state index >= 15 is 0 Å². The molecule has 0 atom stereocenters. The summed E-state index contributed by atoms with van der Waals surface area (Å²) in [6, 6.07) is 10.3. The number of pyridine rings is 1. The third kappa shape index (κ3) is 2.53. The highest BCUT2D eigenvalue weighted by Gasteiger charge is 2.08. The second-order valence-corrected chi connectivity index (χ2v) is 4.30. The minimum Gasteiger partial charge on any atom is -0.396 e. The summed E-state index contributed by atoms with van der Waals surface area (Å²) in [7, 11) is 0. The number of aromatic nitrogens is 1. The summed E-state index contributed by atoms with van der Waals surface area (Å²) in [6.45, 7) is 4.33. The predicted octanol–water partition coefficient (Wildman–Crippen LogP) is 2.90. The smallest absolute Gasteiger partial charge is 0.0737 e. The summed E-state index contributed by atoms with van der Waals surface area (Å²) in [5, 5.41) is 9.09. The van der Waals surface area contributed by atoms with E-state index in [0.717, 1.165) is 16.8 Å². The molecule has 0 saturated heterocycles. The van der Waals surface area contributed by atoms with E-state index in [-0.39, 0.29) is 6.61 Å². The van der Waals surface area contributed by atoms with E-state index in [0.29, 0.717) is 6.42 Å². The van der Waals surface area contributed by atoms with E-state index in [9.17, 15) is 0 Å². The van der Waals surface area contributed by atoms with Crippen LogP contribution >= 0.6 is 0 Å². The van der Waals surface area contributed by atoms with Gasteiger partial charge >= 0.3 is 0 Å². The molecule has 0 unspecified atom stereocenters. The van der Waals surface area contributed by atoms with Gasteiger partial charge in [0.05, 0.1) is 5.69 Å². The van der Waals surface area contributed by atoms with Crippen molar-refractivity contribution in [1.29, 1.82) is 0 Å². The number of hydrogen-bond acceptors (Lipinski definition) is 2. The lowest BCUT2D eigenvalue weighted by Gasteiger charge is -2.10. The van der Waals surface area contributed by atoms with E-state index in [2.05, 4.69) is 37.0 Å². The van der Waals surface area contributed by atoms with E-state index in [4.69, 9.17) is 5.11 Å². The second kappa shape index (κ2) is 5.11. The van der Waals surface area contributed by atoms with Crippen LogP contribution in [0.2, 0.25) is 0 Å². The first kappa shape index (κ1) is 11.8. The van der Waals surface area contributed by atoms with Gasteiger partial charge in [0, 0.05) is 18.4 Å². The zero-order valence-corrected chi connectivity index (χ0v) is 10.3. The average Bonchev–Trinajstić information content (AvgIpc) is 2.34. The molecule has 2 nitrogen and oxygen atoms in total. The minimum absolute atomic E-state index is 0.156. The summed E-state index contributed by atoms with van der Waals surface area (Å²) in [5.41, 5.74) is 5.69. The van der Waals surface area contributed by atoms with Crippen molar-refractivity contribution >= 4 is 0 Å². The molecule has 0 aliphatic heterocycles. The molecule has 2 aromatic rings. The average molecular weight is 227 g/mol. The molecule has 0 amide bonds. The van der Waals surface area contributed by atoms with Gasteiger partial charge in [0.2, 0.25) is 0 Å². The molecule has 2 rings (SSSR count). The Labute approximate surface area is 102 Å². The highest BCUT2D eigenvalue weighted by atomic mass is 16.2. The first-order valence-corrected chi connectivity index (χ1v) is 5.84. The van der Waals surface area contributed by atoms with Gasteiger partial charge in [-0.15, -0.1) is 0 Å². The maximum Gasteiger partial charge on any atom is 0.0737 e. The maximum atomic E-state index is 9.09. The van der Waals surface area contributed by atoms with Crippen LogP contribution in [0, 0.1) is 13.8 Å². The summed E-state index contributed by atoms with van der Waals surface area (Å²) < 4.78 is 0. The van der Waals surface area contributed by atoms with Crippen molar-refractivity contribution in [1.82, 2.24) is 4.98 Å². The molecule has 1 heterocycles. The third-order valence-electron chi connectivity index (χ3n) is 2.92. The highest BCUT2D eigenvalue weighted by molar-refractivity contribution is 5.67. The van der Waals surface area contributed by atoms with E-state index in [1.807, 2.05) is 12.1 Å². The Kier molecular flexibility index (Phi) is 3.55. The fraction of sp³-hybridized carbons (Fsp3) is 0.267. The normalized spacial score (nSPS) is 10.5. The molecule has 0 aliphatic carbocycles. The maximum absolute atomic E-state index is 9.09. The molecule has 1 N–H and O–H groups in total. The molecule has 0 saturated carbocycles. The summed E-state index contributed by atoms with van der Waals surface area (Å²) in [6.07, 6.45) is 2.45. The van der Waals surface area contributed by atoms with Crippen molar-refractivity contribution in [3.05, 3.63) is 53.2 Å². The van der Waals surface area contributed by atoms with E-state index in [1.165, 1.54) is 11.1 Å². The van der Waals surface area contributed by atoms with Crippen LogP contribution in [0.5, 0.6) is 0 Å². The number of hydrogen-bond donors (Lipinski definition) is 1. The molecule has 1 aromatic carbocycles. The van der Waals surface area contributed by atoms with Crippen LogP contribution < -0.4 is 0 Å². The van der Waals surface area contributed by atoms with Crippen molar-refractivity contribution in [3.8, 4) is 11.3 Å². The molecule has 0 spiro atoms. The fourth-order valence-electron chi connectivity index (χ4n) is 1.99. The van der Waals surface area contributed by atoms with Gasteiger partial charge in [0.1, 0.15) is 0 Å². The van der Waals surface area contributed by atoms with Crippen LogP contribution in [0.15, 0.2) is 36.5 Å². The third-order valence-corrected chi connectivity index (χ3v) is 2.92. The molecule has 0 aliphatic rings. The van der Waals surface area contributed by atoms with Gasteiger partial charge in [-0.2, -0.15) is 0 Å². The van der Waals surface area contributed by atoms with Gasteiger partial charge in [-0.3, -0.25) is 4.98 Å². The molecule has 88 valence electrons.